The Bertz CT molecular complexity index is 556. The second-order valence-electron chi connectivity index (χ2n) is 4.32. The predicted octanol–water partition coefficient (Wildman–Crippen LogP) is 1.72. The highest BCUT2D eigenvalue weighted by molar-refractivity contribution is 7.95. The summed E-state index contributed by atoms with van der Waals surface area (Å²) in [6.07, 6.45) is 0.698. The highest BCUT2D eigenvalue weighted by atomic mass is 32.2. The summed E-state index contributed by atoms with van der Waals surface area (Å²) < 4.78 is 23.6. The van der Waals surface area contributed by atoms with Crippen LogP contribution >= 0.6 is 0 Å². The summed E-state index contributed by atoms with van der Waals surface area (Å²) >= 11 is 0. The van der Waals surface area contributed by atoms with Crippen molar-refractivity contribution in [3.8, 4) is 0 Å². The molecule has 86 valence electrons. The molecule has 0 radical (unpaired) electrons. The van der Waals surface area contributed by atoms with Gasteiger partial charge in [-0.25, -0.2) is 8.42 Å². The van der Waals surface area contributed by atoms with Gasteiger partial charge in [0.1, 0.15) is 0 Å². The molecule has 0 bridgehead atoms. The Kier molecular flexibility index (Phi) is 2.64. The fourth-order valence-corrected chi connectivity index (χ4v) is 3.69. The molecule has 16 heavy (non-hydrogen) atoms. The lowest BCUT2D eigenvalue weighted by Crippen LogP contribution is -2.18. The number of rotatable bonds is 2. The molecule has 4 heteroatoms. The number of sulfone groups is 1. The molecular formula is C12H15NO2S. The number of fused-ring (bicyclic) bond motifs is 1. The van der Waals surface area contributed by atoms with Crippen LogP contribution in [0.3, 0.4) is 0 Å². The van der Waals surface area contributed by atoms with Crippen molar-refractivity contribution in [2.45, 2.75) is 31.2 Å². The number of hydrogen-bond donors (Lipinski definition) is 1. The van der Waals surface area contributed by atoms with Gasteiger partial charge in [-0.05, 0) is 37.5 Å². The van der Waals surface area contributed by atoms with E-state index in [0.717, 1.165) is 16.7 Å². The standard InChI is InChI=1S/C12H15NO2S/c1-8-7-16(14,15)11-5-3-4-10(12(8)11)6-9(2)13/h3-5,7,9H,6,13H2,1-2H3. The first-order valence-electron chi connectivity index (χ1n) is 5.23. The van der Waals surface area contributed by atoms with Crippen LogP contribution in [0, 0.1) is 0 Å². The molecule has 0 saturated carbocycles. The first kappa shape index (κ1) is 11.4. The largest absolute Gasteiger partial charge is 0.328 e. The molecule has 0 fully saturated rings. The fourth-order valence-electron chi connectivity index (χ4n) is 2.13. The molecule has 1 aliphatic rings. The molecular weight excluding hydrogens is 222 g/mol. The van der Waals surface area contributed by atoms with Gasteiger partial charge in [0.25, 0.3) is 0 Å². The molecule has 1 heterocycles. The summed E-state index contributed by atoms with van der Waals surface area (Å²) in [5.41, 5.74) is 8.44. The van der Waals surface area contributed by atoms with E-state index in [0.29, 0.717) is 11.3 Å². The molecule has 1 aromatic carbocycles. The highest BCUT2D eigenvalue weighted by Crippen LogP contribution is 2.35. The van der Waals surface area contributed by atoms with E-state index in [9.17, 15) is 8.42 Å². The van der Waals surface area contributed by atoms with Crippen LogP contribution in [-0.4, -0.2) is 14.5 Å². The van der Waals surface area contributed by atoms with Crippen LogP contribution in [0.2, 0.25) is 0 Å². The van der Waals surface area contributed by atoms with E-state index in [-0.39, 0.29) is 6.04 Å². The normalized spacial score (nSPS) is 19.1. The molecule has 0 aliphatic carbocycles. The van der Waals surface area contributed by atoms with Crippen LogP contribution < -0.4 is 5.73 Å². The lowest BCUT2D eigenvalue weighted by Gasteiger charge is -2.11. The van der Waals surface area contributed by atoms with Gasteiger partial charge in [0, 0.05) is 17.0 Å². The zero-order valence-electron chi connectivity index (χ0n) is 9.40. The molecule has 0 amide bonds. The first-order valence-corrected chi connectivity index (χ1v) is 6.77. The Morgan fingerprint density at radius 2 is 2.06 bits per heavy atom. The Morgan fingerprint density at radius 3 is 2.69 bits per heavy atom. The van der Waals surface area contributed by atoms with E-state index in [1.807, 2.05) is 19.9 Å². The van der Waals surface area contributed by atoms with Crippen molar-refractivity contribution in [3.05, 3.63) is 34.7 Å². The smallest absolute Gasteiger partial charge is 0.200 e. The molecule has 2 N–H and O–H groups in total. The van der Waals surface area contributed by atoms with Crippen molar-refractivity contribution in [1.82, 2.24) is 0 Å². The number of benzene rings is 1. The van der Waals surface area contributed by atoms with Gasteiger partial charge >= 0.3 is 0 Å². The predicted molar refractivity (Wildman–Crippen MR) is 64.6 cm³/mol. The Labute approximate surface area is 95.9 Å². The van der Waals surface area contributed by atoms with Crippen LogP contribution in [0.5, 0.6) is 0 Å². The molecule has 1 atom stereocenters. The van der Waals surface area contributed by atoms with Gasteiger partial charge in [-0.3, -0.25) is 0 Å². The molecule has 2 rings (SSSR count). The van der Waals surface area contributed by atoms with Crippen molar-refractivity contribution in [2.75, 3.05) is 0 Å². The Hall–Kier alpha value is -1.13. The van der Waals surface area contributed by atoms with Gasteiger partial charge in [-0.1, -0.05) is 12.1 Å². The summed E-state index contributed by atoms with van der Waals surface area (Å²) in [7, 11) is -3.22. The topological polar surface area (TPSA) is 60.2 Å². The molecule has 0 aromatic heterocycles. The minimum atomic E-state index is -3.22. The van der Waals surface area contributed by atoms with Crippen molar-refractivity contribution in [3.63, 3.8) is 0 Å². The maximum absolute atomic E-state index is 11.8. The molecule has 1 unspecified atom stereocenters. The number of nitrogens with two attached hydrogens (primary N) is 1. The zero-order valence-corrected chi connectivity index (χ0v) is 10.2. The minimum absolute atomic E-state index is 0.0302. The zero-order chi connectivity index (χ0) is 11.9. The van der Waals surface area contributed by atoms with Crippen LogP contribution in [0.1, 0.15) is 25.0 Å². The van der Waals surface area contributed by atoms with Gasteiger partial charge in [0.15, 0.2) is 0 Å². The summed E-state index contributed by atoms with van der Waals surface area (Å²) in [5, 5.41) is 1.34. The Balaban J connectivity index is 2.63. The summed E-state index contributed by atoms with van der Waals surface area (Å²) in [6.45, 7) is 3.75. The van der Waals surface area contributed by atoms with Crippen LogP contribution in [0.15, 0.2) is 28.5 Å². The van der Waals surface area contributed by atoms with Gasteiger partial charge in [-0.15, -0.1) is 0 Å². The monoisotopic (exact) mass is 237 g/mol. The average molecular weight is 237 g/mol. The fraction of sp³-hybridized carbons (Fsp3) is 0.333. The van der Waals surface area contributed by atoms with E-state index >= 15 is 0 Å². The third kappa shape index (κ3) is 1.79. The van der Waals surface area contributed by atoms with E-state index in [1.54, 1.807) is 12.1 Å². The molecule has 3 nitrogen and oxygen atoms in total. The third-order valence-corrected chi connectivity index (χ3v) is 4.30. The lowest BCUT2D eigenvalue weighted by atomic mass is 9.97. The SMILES string of the molecule is CC1=CS(=O)(=O)c2cccc(CC(C)N)c21. The van der Waals surface area contributed by atoms with Crippen molar-refractivity contribution in [2.24, 2.45) is 5.73 Å². The number of hydrogen-bond acceptors (Lipinski definition) is 3. The second kappa shape index (κ2) is 3.71. The second-order valence-corrected chi connectivity index (χ2v) is 6.08. The van der Waals surface area contributed by atoms with Crippen LogP contribution in [0.25, 0.3) is 5.57 Å². The quantitative estimate of drug-likeness (QED) is 0.852. The van der Waals surface area contributed by atoms with Gasteiger partial charge in [0.2, 0.25) is 9.84 Å². The maximum Gasteiger partial charge on any atom is 0.200 e. The van der Waals surface area contributed by atoms with E-state index in [2.05, 4.69) is 0 Å². The average Bonchev–Trinajstić information content (AvgIpc) is 2.37. The molecule has 0 spiro atoms. The van der Waals surface area contributed by atoms with Crippen molar-refractivity contribution in [1.29, 1.82) is 0 Å². The van der Waals surface area contributed by atoms with E-state index < -0.39 is 9.84 Å². The van der Waals surface area contributed by atoms with Crippen LogP contribution in [-0.2, 0) is 16.3 Å². The minimum Gasteiger partial charge on any atom is -0.328 e. The van der Waals surface area contributed by atoms with E-state index in [4.69, 9.17) is 5.73 Å². The molecule has 0 saturated heterocycles. The summed E-state index contributed by atoms with van der Waals surface area (Å²) in [5.74, 6) is 0. The summed E-state index contributed by atoms with van der Waals surface area (Å²) in [6, 6.07) is 5.41. The van der Waals surface area contributed by atoms with Gasteiger partial charge in [-0.2, -0.15) is 0 Å². The van der Waals surface area contributed by atoms with Gasteiger partial charge in [0.05, 0.1) is 4.90 Å². The number of allylic oxidation sites excluding steroid dienone is 1. The summed E-state index contributed by atoms with van der Waals surface area (Å²) in [4.78, 5) is 0.420. The molecule has 1 aromatic rings. The Morgan fingerprint density at radius 1 is 1.38 bits per heavy atom. The van der Waals surface area contributed by atoms with Crippen LogP contribution in [0.4, 0.5) is 0 Å². The van der Waals surface area contributed by atoms with Gasteiger partial charge < -0.3 is 5.73 Å². The van der Waals surface area contributed by atoms with Crippen molar-refractivity contribution < 1.29 is 8.42 Å². The third-order valence-electron chi connectivity index (χ3n) is 2.69. The van der Waals surface area contributed by atoms with Crippen molar-refractivity contribution >= 4 is 15.4 Å². The van der Waals surface area contributed by atoms with E-state index in [1.165, 1.54) is 5.41 Å². The lowest BCUT2D eigenvalue weighted by molar-refractivity contribution is 0.605. The molecule has 1 aliphatic heterocycles. The highest BCUT2D eigenvalue weighted by Gasteiger charge is 2.26. The maximum atomic E-state index is 11.8. The first-order chi connectivity index (χ1) is 7.42.